The lowest BCUT2D eigenvalue weighted by atomic mass is 9.62. The lowest BCUT2D eigenvalue weighted by molar-refractivity contribution is -0.302. The van der Waals surface area contributed by atoms with Crippen LogP contribution in [0.4, 0.5) is 0 Å². The van der Waals surface area contributed by atoms with E-state index in [2.05, 4.69) is 5.92 Å². The maximum absolute atomic E-state index is 15.0. The van der Waals surface area contributed by atoms with Crippen molar-refractivity contribution in [3.8, 4) is 12.3 Å². The first kappa shape index (κ1) is 43.7. The molecule has 0 aliphatic carbocycles. The lowest BCUT2D eigenvalue weighted by Crippen LogP contribution is -2.61. The number of Topliss-reactive ketones (excluding diaryl/α,β-unsaturated/α-hetero) is 1. The van der Waals surface area contributed by atoms with Gasteiger partial charge in [-0.1, -0.05) is 51.8 Å². The van der Waals surface area contributed by atoms with E-state index in [1.165, 1.54) is 0 Å². The first-order valence-corrected chi connectivity index (χ1v) is 19.9. The number of carbonyl (C=O) groups excluding carboxylic acids is 4. The molecule has 4 aliphatic rings. The number of likely N-dealkylation sites (tertiary alicyclic amines) is 1. The third kappa shape index (κ3) is 8.03. The van der Waals surface area contributed by atoms with E-state index in [-0.39, 0.29) is 37.5 Å². The fraction of sp³-hybridized carbons (Fsp3) is 0.721. The Morgan fingerprint density at radius 2 is 1.73 bits per heavy atom. The van der Waals surface area contributed by atoms with Gasteiger partial charge in [0.2, 0.25) is 0 Å². The minimum Gasteiger partial charge on any atom is -0.458 e. The number of ketones is 1. The summed E-state index contributed by atoms with van der Waals surface area (Å²) >= 11 is 0. The van der Waals surface area contributed by atoms with Crippen LogP contribution in [-0.2, 0) is 42.8 Å². The van der Waals surface area contributed by atoms with E-state index >= 15 is 4.79 Å². The van der Waals surface area contributed by atoms with Crippen LogP contribution in [0.5, 0.6) is 0 Å². The summed E-state index contributed by atoms with van der Waals surface area (Å²) in [6, 6.07) is 7.58. The number of hydrogen-bond acceptors (Lipinski definition) is 13. The molecular weight excluding hydrogens is 720 g/mol. The monoisotopic (exact) mass is 782 g/mol. The maximum Gasteiger partial charge on any atom is 0.338 e. The Morgan fingerprint density at radius 3 is 2.34 bits per heavy atom. The fourth-order valence-corrected chi connectivity index (χ4v) is 10.3. The van der Waals surface area contributed by atoms with Crippen LogP contribution in [0, 0.1) is 41.4 Å². The second kappa shape index (κ2) is 16.8. The number of likely N-dealkylation sites (N-methyl/N-ethyl adjacent to an activating group) is 2. The van der Waals surface area contributed by atoms with Crippen molar-refractivity contribution in [3.05, 3.63) is 35.9 Å². The number of carbonyl (C=O) groups is 4. The molecule has 1 unspecified atom stereocenters. The molecule has 13 heteroatoms. The van der Waals surface area contributed by atoms with Gasteiger partial charge in [0.1, 0.15) is 24.5 Å². The molecule has 0 bridgehead atoms. The van der Waals surface area contributed by atoms with Crippen LogP contribution in [0.3, 0.4) is 0 Å². The van der Waals surface area contributed by atoms with Crippen molar-refractivity contribution in [1.29, 1.82) is 0 Å². The van der Waals surface area contributed by atoms with Crippen LogP contribution < -0.4 is 0 Å². The molecule has 13 nitrogen and oxygen atoms in total. The van der Waals surface area contributed by atoms with Gasteiger partial charge in [-0.05, 0) is 80.2 Å². The summed E-state index contributed by atoms with van der Waals surface area (Å²) in [5.41, 5.74) is -3.43. The summed E-state index contributed by atoms with van der Waals surface area (Å²) in [5.74, 6) is -2.58. The minimum atomic E-state index is -1.38. The first-order chi connectivity index (χ1) is 26.2. The molecule has 4 aliphatic heterocycles. The standard InChI is InChI=1S/C43H62N2O11/c1-13-20-51-42(8)22-24(3)35(47)41(7)23-45(12)31-34(41)43(9,56-39(31)50)30(14-2)53-37(48)27(6)32(46)26(5)36(42)55-40-33(29(44(10)11)21-25(4)52-40)54-38(49)28-18-16-15-17-19-28/h1,15-19,24-27,29-34,36,40,46H,14,20-23H2,2-12H3/t24-,25-,26+,27-,29+,30?,31-,32+,33-,34-,36-,40+,41+,42-,43-/m1/s1. The molecule has 5 rings (SSSR count). The van der Waals surface area contributed by atoms with E-state index < -0.39 is 94.9 Å². The average Bonchev–Trinajstić information content (AvgIpc) is 3.61. The zero-order valence-electron chi connectivity index (χ0n) is 34.9. The number of rotatable bonds is 8. The van der Waals surface area contributed by atoms with Gasteiger partial charge in [-0.15, -0.1) is 6.42 Å². The zero-order valence-corrected chi connectivity index (χ0v) is 34.9. The molecule has 0 saturated carbocycles. The van der Waals surface area contributed by atoms with Crippen molar-refractivity contribution in [1.82, 2.24) is 9.80 Å². The molecule has 0 spiro atoms. The zero-order chi connectivity index (χ0) is 41.5. The van der Waals surface area contributed by atoms with Crippen LogP contribution >= 0.6 is 0 Å². The Bertz CT molecular complexity index is 1650. The van der Waals surface area contributed by atoms with Crippen LogP contribution in [0.15, 0.2) is 30.3 Å². The van der Waals surface area contributed by atoms with Gasteiger partial charge in [0.15, 0.2) is 18.0 Å². The van der Waals surface area contributed by atoms with Crippen molar-refractivity contribution in [3.63, 3.8) is 0 Å². The van der Waals surface area contributed by atoms with E-state index in [0.29, 0.717) is 18.4 Å². The number of cyclic esters (lactones) is 1. The number of ether oxygens (including phenoxy) is 6. The van der Waals surface area contributed by atoms with Gasteiger partial charge in [0.05, 0.1) is 41.4 Å². The average molecular weight is 783 g/mol. The highest BCUT2D eigenvalue weighted by Crippen LogP contribution is 2.55. The van der Waals surface area contributed by atoms with Crippen molar-refractivity contribution in [2.75, 3.05) is 34.3 Å². The highest BCUT2D eigenvalue weighted by molar-refractivity contribution is 5.91. The Labute approximate surface area is 332 Å². The number of benzene rings is 1. The molecule has 4 saturated heterocycles. The molecule has 1 N–H and O–H groups in total. The second-order valence-corrected chi connectivity index (χ2v) is 17.5. The van der Waals surface area contributed by atoms with Gasteiger partial charge >= 0.3 is 17.9 Å². The smallest absolute Gasteiger partial charge is 0.338 e. The Balaban J connectivity index is 1.62. The summed E-state index contributed by atoms with van der Waals surface area (Å²) in [5, 5.41) is 12.1. The van der Waals surface area contributed by atoms with Crippen LogP contribution in [0.2, 0.25) is 0 Å². The van der Waals surface area contributed by atoms with Crippen LogP contribution in [0.25, 0.3) is 0 Å². The Kier molecular flexibility index (Phi) is 13.2. The van der Waals surface area contributed by atoms with E-state index in [1.54, 1.807) is 59.0 Å². The van der Waals surface area contributed by atoms with Gasteiger partial charge in [-0.3, -0.25) is 19.3 Å². The van der Waals surface area contributed by atoms with E-state index in [4.69, 9.17) is 34.8 Å². The fourth-order valence-electron chi connectivity index (χ4n) is 10.3. The quantitative estimate of drug-likeness (QED) is 0.231. The molecular formula is C43H62N2O11. The molecule has 15 atom stereocenters. The van der Waals surface area contributed by atoms with Crippen molar-refractivity contribution >= 4 is 23.7 Å². The van der Waals surface area contributed by atoms with E-state index in [1.807, 2.05) is 57.7 Å². The summed E-state index contributed by atoms with van der Waals surface area (Å²) in [6.45, 7) is 14.4. The van der Waals surface area contributed by atoms with E-state index in [9.17, 15) is 19.5 Å². The number of hydrogen-bond donors (Lipinski definition) is 1. The van der Waals surface area contributed by atoms with Gasteiger partial charge in [0.25, 0.3) is 0 Å². The number of nitrogens with zero attached hydrogens (tertiary/aromatic N) is 2. The second-order valence-electron chi connectivity index (χ2n) is 17.5. The molecule has 310 valence electrons. The third-order valence-electron chi connectivity index (χ3n) is 13.0. The Hall–Kier alpha value is -3.38. The molecule has 0 amide bonds. The maximum atomic E-state index is 15.0. The molecule has 56 heavy (non-hydrogen) atoms. The van der Waals surface area contributed by atoms with Crippen LogP contribution in [0.1, 0.15) is 85.0 Å². The number of aliphatic hydroxyl groups is 1. The first-order valence-electron chi connectivity index (χ1n) is 19.9. The van der Waals surface area contributed by atoms with Crippen molar-refractivity contribution < 1.29 is 52.7 Å². The number of esters is 3. The predicted molar refractivity (Wildman–Crippen MR) is 206 cm³/mol. The largest absolute Gasteiger partial charge is 0.458 e. The van der Waals surface area contributed by atoms with Gasteiger partial charge in [-0.25, -0.2) is 4.79 Å². The third-order valence-corrected chi connectivity index (χ3v) is 13.0. The van der Waals surface area contributed by atoms with Crippen molar-refractivity contribution in [2.45, 2.75) is 135 Å². The minimum absolute atomic E-state index is 0.0847. The Morgan fingerprint density at radius 1 is 1.07 bits per heavy atom. The molecule has 4 heterocycles. The molecule has 0 aromatic heterocycles. The predicted octanol–water partition coefficient (Wildman–Crippen LogP) is 3.89. The van der Waals surface area contributed by atoms with Gasteiger partial charge in [0, 0.05) is 29.7 Å². The highest BCUT2D eigenvalue weighted by atomic mass is 16.7. The SMILES string of the molecule is C#CCO[C@]1(C)C[C@@H](C)C(=O)[C@@]2(C)CN(C)[C@H]3C(=O)O[C@](C)(C(CC)OC(=O)[C@H](C)[C@@H](O)[C@H](C)[C@H]1O[C@@H]1O[C@H](C)C[C@H](N(C)C)[C@H]1OC(=O)c1ccccc1)[C@H]32. The summed E-state index contributed by atoms with van der Waals surface area (Å²) < 4.78 is 38.4. The molecule has 1 aromatic carbocycles. The number of aliphatic hydroxyl groups excluding tert-OH is 1. The molecule has 4 fully saturated rings. The van der Waals surface area contributed by atoms with Gasteiger partial charge < -0.3 is 38.4 Å². The van der Waals surface area contributed by atoms with E-state index in [0.717, 1.165) is 0 Å². The summed E-state index contributed by atoms with van der Waals surface area (Å²) in [4.78, 5) is 60.1. The van der Waals surface area contributed by atoms with Crippen molar-refractivity contribution in [2.24, 2.45) is 29.1 Å². The van der Waals surface area contributed by atoms with Crippen LogP contribution in [-0.4, -0.2) is 133 Å². The normalized spacial score (nSPS) is 42.3. The number of terminal acetylenes is 1. The van der Waals surface area contributed by atoms with Gasteiger partial charge in [-0.2, -0.15) is 0 Å². The molecule has 1 aromatic rings. The highest BCUT2D eigenvalue weighted by Gasteiger charge is 2.70. The molecule has 0 radical (unpaired) electrons. The topological polar surface area (TPSA) is 150 Å². The summed E-state index contributed by atoms with van der Waals surface area (Å²) in [6.07, 6.45) is 0.937. The summed E-state index contributed by atoms with van der Waals surface area (Å²) in [7, 11) is 5.58. The lowest BCUT2D eigenvalue weighted by Gasteiger charge is -2.49.